The summed E-state index contributed by atoms with van der Waals surface area (Å²) in [6, 6.07) is 5.54. The third-order valence-electron chi connectivity index (χ3n) is 1.80. The van der Waals surface area contributed by atoms with E-state index in [1.807, 2.05) is 0 Å². The zero-order valence-corrected chi connectivity index (χ0v) is 11.7. The lowest BCUT2D eigenvalue weighted by Crippen LogP contribution is -2.12. The van der Waals surface area contributed by atoms with Crippen molar-refractivity contribution >= 4 is 49.0 Å². The number of alkyl halides is 4. The van der Waals surface area contributed by atoms with Gasteiger partial charge in [-0.2, -0.15) is 13.2 Å². The van der Waals surface area contributed by atoms with E-state index >= 15 is 0 Å². The molecule has 0 heterocycles. The van der Waals surface area contributed by atoms with Gasteiger partial charge in [-0.3, -0.25) is 0 Å². The van der Waals surface area contributed by atoms with E-state index < -0.39 is 11.7 Å². The summed E-state index contributed by atoms with van der Waals surface area (Å²) >= 11 is 11.5. The number of halogens is 6. The van der Waals surface area contributed by atoms with Gasteiger partial charge in [0.1, 0.15) is 0 Å². The van der Waals surface area contributed by atoms with Crippen LogP contribution in [-0.4, -0.2) is 11.5 Å². The van der Waals surface area contributed by atoms with E-state index in [9.17, 15) is 13.2 Å². The Morgan fingerprint density at radius 1 is 1.19 bits per heavy atom. The first-order valence-corrected chi connectivity index (χ1v) is 6.43. The molecule has 1 aromatic rings. The monoisotopic (exact) mass is 376 g/mol. The van der Waals surface area contributed by atoms with Crippen LogP contribution >= 0.6 is 43.5 Å². The molecule has 0 N–H and O–H groups in total. The van der Waals surface area contributed by atoms with Gasteiger partial charge in [0.2, 0.25) is 0 Å². The highest BCUT2D eigenvalue weighted by atomic mass is 79.9. The minimum Gasteiger partial charge on any atom is -0.166 e. The Kier molecular flexibility index (Phi) is 4.88. The lowest BCUT2D eigenvalue weighted by Gasteiger charge is -2.14. The first-order valence-electron chi connectivity index (χ1n) is 4.14. The zero-order chi connectivity index (χ0) is 12.3. The quantitative estimate of drug-likeness (QED) is 0.604. The predicted octanol–water partition coefficient (Wildman–Crippen LogP) is 5.40. The maximum Gasteiger partial charge on any atom is 0.417 e. The molecule has 88 valence electrons. The topological polar surface area (TPSA) is 0 Å². The van der Waals surface area contributed by atoms with Crippen LogP contribution in [-0.2, 0) is 0 Å². The average molecular weight is 378 g/mol. The number of hydrogen-bond acceptors (Lipinski definition) is 0. The van der Waals surface area contributed by atoms with Crippen molar-refractivity contribution in [1.29, 1.82) is 0 Å². The Labute approximate surface area is 113 Å². The van der Waals surface area contributed by atoms with Crippen molar-refractivity contribution in [3.8, 4) is 0 Å². The van der Waals surface area contributed by atoms with Gasteiger partial charge in [-0.25, -0.2) is 0 Å². The minimum atomic E-state index is -4.40. The third-order valence-corrected chi connectivity index (χ3v) is 4.05. The van der Waals surface area contributed by atoms with Crippen LogP contribution < -0.4 is 0 Å². The van der Waals surface area contributed by atoms with Crippen molar-refractivity contribution in [2.24, 2.45) is 0 Å². The normalized spacial score (nSPS) is 13.6. The molecule has 1 aromatic carbocycles. The van der Waals surface area contributed by atoms with Crippen LogP contribution in [0.3, 0.4) is 0 Å². The van der Waals surface area contributed by atoms with Crippen LogP contribution in [0, 0.1) is 0 Å². The van der Waals surface area contributed by atoms with Gasteiger partial charge in [-0.15, -0.1) is 0 Å². The van der Waals surface area contributed by atoms with Crippen LogP contribution in [0.4, 0.5) is 13.2 Å². The molecule has 0 bridgehead atoms. The second-order valence-electron chi connectivity index (χ2n) is 2.92. The smallest absolute Gasteiger partial charge is 0.166 e. The summed E-state index contributed by atoms with van der Waals surface area (Å²) < 4.78 is 38.5. The minimum absolute atomic E-state index is 0.0577. The molecule has 0 spiro atoms. The second kappa shape index (κ2) is 5.56. The zero-order valence-electron chi connectivity index (χ0n) is 7.78. The standard InChI is InChI=1S/C10H6Br2ClF3/c11-5-8(12)9(10(14,15)16)6-1-3-7(13)4-2-6/h1-4H,5H2/b9-8-. The van der Waals surface area contributed by atoms with E-state index in [1.54, 1.807) is 0 Å². The molecular weight excluding hydrogens is 372 g/mol. The molecule has 0 saturated carbocycles. The largest absolute Gasteiger partial charge is 0.417 e. The molecule has 0 amide bonds. The highest BCUT2D eigenvalue weighted by Gasteiger charge is 2.36. The second-order valence-corrected chi connectivity index (χ2v) is 4.87. The van der Waals surface area contributed by atoms with Crippen molar-refractivity contribution < 1.29 is 13.2 Å². The van der Waals surface area contributed by atoms with Gasteiger partial charge in [0.25, 0.3) is 0 Å². The third kappa shape index (κ3) is 3.50. The number of allylic oxidation sites excluding steroid dienone is 2. The lowest BCUT2D eigenvalue weighted by atomic mass is 10.1. The fourth-order valence-corrected chi connectivity index (χ4v) is 2.02. The average Bonchev–Trinajstić information content (AvgIpc) is 2.19. The summed E-state index contributed by atoms with van der Waals surface area (Å²) in [5, 5.41) is 0.505. The van der Waals surface area contributed by atoms with E-state index in [4.69, 9.17) is 11.6 Å². The van der Waals surface area contributed by atoms with Crippen molar-refractivity contribution in [3.05, 3.63) is 39.3 Å². The van der Waals surface area contributed by atoms with E-state index in [1.165, 1.54) is 24.3 Å². The highest BCUT2D eigenvalue weighted by molar-refractivity contribution is 9.13. The Bertz CT molecular complexity index is 396. The molecule has 0 atom stereocenters. The van der Waals surface area contributed by atoms with Gasteiger partial charge in [0.15, 0.2) is 0 Å². The molecule has 0 saturated heterocycles. The van der Waals surface area contributed by atoms with E-state index in [2.05, 4.69) is 31.9 Å². The Balaban J connectivity index is 3.29. The van der Waals surface area contributed by atoms with Crippen LogP contribution in [0.2, 0.25) is 5.02 Å². The SMILES string of the molecule is FC(F)(F)/C(=C(\Br)CBr)c1ccc(Cl)cc1. The number of hydrogen-bond donors (Lipinski definition) is 0. The molecule has 0 aliphatic carbocycles. The summed E-state index contributed by atoms with van der Waals surface area (Å²) in [6.45, 7) is 0. The maximum atomic E-state index is 12.8. The molecule has 0 aliphatic rings. The van der Waals surface area contributed by atoms with Gasteiger partial charge in [0.05, 0.1) is 5.57 Å². The maximum absolute atomic E-state index is 12.8. The summed E-state index contributed by atoms with van der Waals surface area (Å²) in [7, 11) is 0. The summed E-state index contributed by atoms with van der Waals surface area (Å²) in [5.74, 6) is 0. The van der Waals surface area contributed by atoms with E-state index in [0.717, 1.165) is 0 Å². The highest BCUT2D eigenvalue weighted by Crippen LogP contribution is 2.39. The molecule has 1 rings (SSSR count). The van der Waals surface area contributed by atoms with Crippen molar-refractivity contribution in [2.75, 3.05) is 5.33 Å². The predicted molar refractivity (Wildman–Crippen MR) is 67.1 cm³/mol. The first kappa shape index (κ1) is 14.1. The molecule has 0 aromatic heterocycles. The van der Waals surface area contributed by atoms with Crippen molar-refractivity contribution in [1.82, 2.24) is 0 Å². The van der Waals surface area contributed by atoms with Gasteiger partial charge in [-0.05, 0) is 17.7 Å². The fraction of sp³-hybridized carbons (Fsp3) is 0.200. The molecule has 0 fully saturated rings. The van der Waals surface area contributed by atoms with Crippen LogP contribution in [0.15, 0.2) is 28.7 Å². The van der Waals surface area contributed by atoms with Crippen molar-refractivity contribution in [3.63, 3.8) is 0 Å². The molecular formula is C10H6Br2ClF3. The summed E-state index contributed by atoms with van der Waals surface area (Å²) in [4.78, 5) is 0. The molecule has 0 aliphatic heterocycles. The Hall–Kier alpha value is -0.000000000000000111. The molecule has 0 radical (unpaired) electrons. The number of benzene rings is 1. The molecule has 0 nitrogen and oxygen atoms in total. The van der Waals surface area contributed by atoms with Crippen LogP contribution in [0.5, 0.6) is 0 Å². The van der Waals surface area contributed by atoms with Gasteiger partial charge < -0.3 is 0 Å². The van der Waals surface area contributed by atoms with Crippen LogP contribution in [0.25, 0.3) is 5.57 Å². The molecule has 16 heavy (non-hydrogen) atoms. The van der Waals surface area contributed by atoms with Gasteiger partial charge in [-0.1, -0.05) is 55.6 Å². The van der Waals surface area contributed by atoms with Crippen molar-refractivity contribution in [2.45, 2.75) is 6.18 Å². The first-order chi connectivity index (χ1) is 7.36. The van der Waals surface area contributed by atoms with Gasteiger partial charge >= 0.3 is 6.18 Å². The van der Waals surface area contributed by atoms with E-state index in [0.29, 0.717) is 5.02 Å². The fourth-order valence-electron chi connectivity index (χ4n) is 1.16. The number of rotatable bonds is 2. The lowest BCUT2D eigenvalue weighted by molar-refractivity contribution is -0.0690. The van der Waals surface area contributed by atoms with E-state index in [-0.39, 0.29) is 15.4 Å². The Morgan fingerprint density at radius 3 is 2.06 bits per heavy atom. The van der Waals surface area contributed by atoms with Gasteiger partial charge in [0, 0.05) is 14.8 Å². The summed E-state index contributed by atoms with van der Waals surface area (Å²) in [5.41, 5.74) is -0.607. The Morgan fingerprint density at radius 2 is 1.69 bits per heavy atom. The molecule has 6 heteroatoms. The summed E-state index contributed by atoms with van der Waals surface area (Å²) in [6.07, 6.45) is -4.40. The molecule has 0 unspecified atom stereocenters. The van der Waals surface area contributed by atoms with Crippen LogP contribution in [0.1, 0.15) is 5.56 Å².